The highest BCUT2D eigenvalue weighted by Gasteiger charge is 2.17. The number of rotatable bonds is 8. The molecule has 0 aliphatic carbocycles. The van der Waals surface area contributed by atoms with E-state index in [2.05, 4.69) is 27.1 Å². The Morgan fingerprint density at radius 1 is 1.38 bits per heavy atom. The van der Waals surface area contributed by atoms with Gasteiger partial charge in [0.05, 0.1) is 11.4 Å². The highest BCUT2D eigenvalue weighted by Crippen LogP contribution is 2.19. The van der Waals surface area contributed by atoms with Crippen LogP contribution in [0.3, 0.4) is 0 Å². The van der Waals surface area contributed by atoms with E-state index >= 15 is 0 Å². The topological polar surface area (TPSA) is 97.1 Å². The van der Waals surface area contributed by atoms with Gasteiger partial charge in [-0.05, 0) is 26.0 Å². The fourth-order valence-electron chi connectivity index (χ4n) is 1.63. The van der Waals surface area contributed by atoms with Crippen LogP contribution in [0.2, 0.25) is 0 Å². The Labute approximate surface area is 127 Å². The van der Waals surface area contributed by atoms with E-state index in [-0.39, 0.29) is 17.3 Å². The lowest BCUT2D eigenvalue weighted by molar-refractivity contribution is 0.372. The molecule has 0 aromatic carbocycles. The average Bonchev–Trinajstić information content (AvgIpc) is 3.06. The maximum absolute atomic E-state index is 12.1. The minimum absolute atomic E-state index is 0.0115. The van der Waals surface area contributed by atoms with Gasteiger partial charge in [-0.15, -0.1) is 11.3 Å². The van der Waals surface area contributed by atoms with Gasteiger partial charge in [0.2, 0.25) is 15.9 Å². The van der Waals surface area contributed by atoms with Crippen molar-refractivity contribution in [2.45, 2.75) is 38.3 Å². The zero-order chi connectivity index (χ0) is 15.3. The molecule has 0 atom stereocenters. The first-order valence-electron chi connectivity index (χ1n) is 6.58. The smallest absolute Gasteiger partial charge is 0.241 e. The normalized spacial score (nSPS) is 11.9. The predicted octanol–water partition coefficient (Wildman–Crippen LogP) is 1.42. The van der Waals surface area contributed by atoms with Crippen LogP contribution in [0.15, 0.2) is 20.9 Å². The quantitative estimate of drug-likeness (QED) is 0.711. The number of aryl methyl sites for hydroxylation is 1. The van der Waals surface area contributed by atoms with Gasteiger partial charge in [-0.2, -0.15) is 4.98 Å². The standard InChI is InChI=1S/C12H18N4O3S2/c1-3-4-13-6-10-5-11(8-20-10)21(17,18)14-7-12-15-9(2)16-19-12/h5,8,13-14H,3-4,6-7H2,1-2H3. The van der Waals surface area contributed by atoms with Crippen molar-refractivity contribution in [1.29, 1.82) is 0 Å². The Bertz CT molecular complexity index is 678. The van der Waals surface area contributed by atoms with E-state index in [4.69, 9.17) is 4.52 Å². The van der Waals surface area contributed by atoms with Gasteiger partial charge in [0.25, 0.3) is 0 Å². The van der Waals surface area contributed by atoms with Crippen LogP contribution in [-0.4, -0.2) is 25.1 Å². The molecule has 0 amide bonds. The summed E-state index contributed by atoms with van der Waals surface area (Å²) in [5.74, 6) is 0.722. The molecule has 0 saturated carbocycles. The van der Waals surface area contributed by atoms with Gasteiger partial charge in [0, 0.05) is 16.8 Å². The van der Waals surface area contributed by atoms with E-state index in [0.29, 0.717) is 12.4 Å². The first-order valence-corrected chi connectivity index (χ1v) is 8.94. The minimum Gasteiger partial charge on any atom is -0.338 e. The van der Waals surface area contributed by atoms with Crippen molar-refractivity contribution in [2.24, 2.45) is 0 Å². The summed E-state index contributed by atoms with van der Waals surface area (Å²) in [5, 5.41) is 8.48. The third-order valence-electron chi connectivity index (χ3n) is 2.65. The average molecular weight is 330 g/mol. The van der Waals surface area contributed by atoms with Gasteiger partial charge < -0.3 is 9.84 Å². The second-order valence-corrected chi connectivity index (χ2v) is 7.25. The van der Waals surface area contributed by atoms with Crippen LogP contribution in [-0.2, 0) is 23.1 Å². The molecule has 2 heterocycles. The highest BCUT2D eigenvalue weighted by molar-refractivity contribution is 7.89. The van der Waals surface area contributed by atoms with Crippen LogP contribution in [0.1, 0.15) is 29.9 Å². The zero-order valence-corrected chi connectivity index (χ0v) is 13.6. The summed E-state index contributed by atoms with van der Waals surface area (Å²) in [7, 11) is -3.55. The molecule has 0 aliphatic rings. The number of thiophene rings is 1. The lowest BCUT2D eigenvalue weighted by Gasteiger charge is -2.01. The summed E-state index contributed by atoms with van der Waals surface area (Å²) in [5.41, 5.74) is 0. The van der Waals surface area contributed by atoms with E-state index in [1.807, 2.05) is 0 Å². The lowest BCUT2D eigenvalue weighted by atomic mass is 10.4. The first kappa shape index (κ1) is 16.1. The summed E-state index contributed by atoms with van der Waals surface area (Å²) < 4.78 is 31.6. The molecular weight excluding hydrogens is 312 g/mol. The number of hydrogen-bond donors (Lipinski definition) is 2. The fourth-order valence-corrected chi connectivity index (χ4v) is 3.85. The van der Waals surface area contributed by atoms with E-state index in [9.17, 15) is 8.42 Å². The molecule has 0 unspecified atom stereocenters. The van der Waals surface area contributed by atoms with Gasteiger partial charge in [-0.3, -0.25) is 0 Å². The summed E-state index contributed by atoms with van der Waals surface area (Å²) in [4.78, 5) is 5.20. The Balaban J connectivity index is 1.95. The van der Waals surface area contributed by atoms with Gasteiger partial charge in [-0.25, -0.2) is 13.1 Å². The van der Waals surface area contributed by atoms with Crippen LogP contribution in [0.4, 0.5) is 0 Å². The van der Waals surface area contributed by atoms with Crippen molar-refractivity contribution in [1.82, 2.24) is 20.2 Å². The fraction of sp³-hybridized carbons (Fsp3) is 0.500. The van der Waals surface area contributed by atoms with Crippen LogP contribution in [0.5, 0.6) is 0 Å². The largest absolute Gasteiger partial charge is 0.338 e. The maximum Gasteiger partial charge on any atom is 0.241 e. The summed E-state index contributed by atoms with van der Waals surface area (Å²) in [6.45, 7) is 5.34. The number of hydrogen-bond acceptors (Lipinski definition) is 7. The molecule has 0 aliphatic heterocycles. The number of sulfonamides is 1. The molecule has 0 saturated heterocycles. The van der Waals surface area contributed by atoms with Gasteiger partial charge in [0.15, 0.2) is 5.82 Å². The molecule has 0 bridgehead atoms. The van der Waals surface area contributed by atoms with Crippen molar-refractivity contribution in [3.8, 4) is 0 Å². The Kier molecular flexibility index (Phi) is 5.45. The molecule has 2 rings (SSSR count). The van der Waals surface area contributed by atoms with Crippen molar-refractivity contribution < 1.29 is 12.9 Å². The summed E-state index contributed by atoms with van der Waals surface area (Å²) in [6.07, 6.45) is 1.04. The maximum atomic E-state index is 12.1. The van der Waals surface area contributed by atoms with Gasteiger partial charge >= 0.3 is 0 Å². The molecule has 2 aromatic heterocycles. The Hall–Kier alpha value is -1.29. The Morgan fingerprint density at radius 2 is 2.19 bits per heavy atom. The molecule has 2 N–H and O–H groups in total. The molecule has 116 valence electrons. The highest BCUT2D eigenvalue weighted by atomic mass is 32.2. The molecule has 9 heteroatoms. The molecule has 0 fully saturated rings. The van der Waals surface area contributed by atoms with Crippen molar-refractivity contribution >= 4 is 21.4 Å². The number of nitrogens with one attached hydrogen (secondary N) is 2. The molecule has 0 spiro atoms. The van der Waals surface area contributed by atoms with Crippen LogP contribution in [0, 0.1) is 6.92 Å². The zero-order valence-electron chi connectivity index (χ0n) is 11.9. The molecule has 7 nitrogen and oxygen atoms in total. The Morgan fingerprint density at radius 3 is 2.86 bits per heavy atom. The second kappa shape index (κ2) is 7.12. The molecule has 21 heavy (non-hydrogen) atoms. The van der Waals surface area contributed by atoms with Gasteiger partial charge in [-0.1, -0.05) is 12.1 Å². The monoisotopic (exact) mass is 330 g/mol. The van der Waals surface area contributed by atoms with Crippen molar-refractivity contribution in [3.05, 3.63) is 28.0 Å². The van der Waals surface area contributed by atoms with Crippen LogP contribution >= 0.6 is 11.3 Å². The van der Waals surface area contributed by atoms with Crippen LogP contribution < -0.4 is 10.0 Å². The number of nitrogens with zero attached hydrogens (tertiary/aromatic N) is 2. The van der Waals surface area contributed by atoms with Crippen molar-refractivity contribution in [3.63, 3.8) is 0 Å². The molecule has 2 aromatic rings. The second-order valence-electron chi connectivity index (χ2n) is 4.49. The van der Waals surface area contributed by atoms with Crippen LogP contribution in [0.25, 0.3) is 0 Å². The summed E-state index contributed by atoms with van der Waals surface area (Å²) >= 11 is 1.42. The minimum atomic E-state index is -3.55. The predicted molar refractivity (Wildman–Crippen MR) is 79.4 cm³/mol. The van der Waals surface area contributed by atoms with E-state index in [1.165, 1.54) is 11.3 Å². The van der Waals surface area contributed by atoms with E-state index in [1.54, 1.807) is 18.4 Å². The third kappa shape index (κ3) is 4.60. The first-order chi connectivity index (χ1) is 10.0. The molecular formula is C12H18N4O3S2. The summed E-state index contributed by atoms with van der Waals surface area (Å²) in [6, 6.07) is 1.68. The van der Waals surface area contributed by atoms with Gasteiger partial charge in [0.1, 0.15) is 0 Å². The lowest BCUT2D eigenvalue weighted by Crippen LogP contribution is -2.23. The molecule has 0 radical (unpaired) electrons. The SMILES string of the molecule is CCCNCc1cc(S(=O)(=O)NCc2nc(C)no2)cs1. The number of aromatic nitrogens is 2. The van der Waals surface area contributed by atoms with E-state index in [0.717, 1.165) is 17.8 Å². The third-order valence-corrected chi connectivity index (χ3v) is 5.12. The van der Waals surface area contributed by atoms with Crippen molar-refractivity contribution in [2.75, 3.05) is 6.54 Å². The van der Waals surface area contributed by atoms with E-state index < -0.39 is 10.0 Å².